The number of hydrogen-bond donors (Lipinski definition) is 1. The minimum atomic E-state index is -3.34. The molecule has 1 aromatic rings. The van der Waals surface area contributed by atoms with E-state index in [0.717, 1.165) is 18.5 Å². The van der Waals surface area contributed by atoms with Gasteiger partial charge in [-0.15, -0.1) is 0 Å². The molecule has 102 valence electrons. The molecule has 0 radical (unpaired) electrons. The van der Waals surface area contributed by atoms with E-state index in [2.05, 4.69) is 12.2 Å². The van der Waals surface area contributed by atoms with Gasteiger partial charge in [0.05, 0.1) is 4.90 Å². The molecule has 0 aliphatic rings. The number of benzene rings is 1. The van der Waals surface area contributed by atoms with E-state index in [1.807, 2.05) is 13.0 Å². The van der Waals surface area contributed by atoms with Gasteiger partial charge in [0, 0.05) is 20.6 Å². The summed E-state index contributed by atoms with van der Waals surface area (Å²) in [4.78, 5) is 0.359. The van der Waals surface area contributed by atoms with E-state index >= 15 is 0 Å². The highest BCUT2D eigenvalue weighted by atomic mass is 32.2. The van der Waals surface area contributed by atoms with Crippen molar-refractivity contribution in [3.63, 3.8) is 0 Å². The average molecular weight is 270 g/mol. The maximum atomic E-state index is 12.1. The zero-order chi connectivity index (χ0) is 13.8. The Bertz CT molecular complexity index is 496. The summed E-state index contributed by atoms with van der Waals surface area (Å²) in [5.41, 5.74) is 2.25. The van der Waals surface area contributed by atoms with Crippen molar-refractivity contribution >= 4 is 10.0 Å². The van der Waals surface area contributed by atoms with Gasteiger partial charge in [-0.05, 0) is 36.2 Å². The predicted molar refractivity (Wildman–Crippen MR) is 74.1 cm³/mol. The van der Waals surface area contributed by atoms with Crippen LogP contribution in [0.15, 0.2) is 23.1 Å². The molecule has 0 saturated carbocycles. The minimum absolute atomic E-state index is 0.359. The predicted octanol–water partition coefficient (Wildman–Crippen LogP) is 1.61. The Hall–Kier alpha value is -0.910. The molecular formula is C13H22N2O2S. The first kappa shape index (κ1) is 15.1. The highest BCUT2D eigenvalue weighted by Gasteiger charge is 2.18. The molecule has 1 rings (SSSR count). The van der Waals surface area contributed by atoms with Crippen LogP contribution in [-0.2, 0) is 23.0 Å². The fourth-order valence-corrected chi connectivity index (χ4v) is 2.70. The first-order chi connectivity index (χ1) is 8.43. The summed E-state index contributed by atoms with van der Waals surface area (Å²) in [7, 11) is -0.247. The van der Waals surface area contributed by atoms with E-state index < -0.39 is 10.0 Å². The third kappa shape index (κ3) is 3.31. The molecule has 0 aliphatic heterocycles. The second-order valence-corrected chi connectivity index (χ2v) is 6.50. The summed E-state index contributed by atoms with van der Waals surface area (Å²) in [5.74, 6) is 0. The second-order valence-electron chi connectivity index (χ2n) is 4.35. The van der Waals surface area contributed by atoms with Crippen molar-refractivity contribution in [2.75, 3.05) is 20.6 Å². The molecule has 1 N–H and O–H groups in total. The molecule has 0 spiro atoms. The minimum Gasteiger partial charge on any atom is -0.313 e. The Morgan fingerprint density at radius 1 is 1.17 bits per heavy atom. The smallest absolute Gasteiger partial charge is 0.242 e. The molecule has 18 heavy (non-hydrogen) atoms. The van der Waals surface area contributed by atoms with Gasteiger partial charge < -0.3 is 5.32 Å². The van der Waals surface area contributed by atoms with Gasteiger partial charge >= 0.3 is 0 Å². The maximum Gasteiger partial charge on any atom is 0.242 e. The zero-order valence-electron chi connectivity index (χ0n) is 11.5. The summed E-state index contributed by atoms with van der Waals surface area (Å²) in [6.45, 7) is 5.68. The van der Waals surface area contributed by atoms with Crippen LogP contribution in [0.1, 0.15) is 25.0 Å². The molecule has 0 heterocycles. The summed E-state index contributed by atoms with van der Waals surface area (Å²) in [6, 6.07) is 5.36. The van der Waals surface area contributed by atoms with Gasteiger partial charge in [-0.3, -0.25) is 0 Å². The molecule has 0 fully saturated rings. The summed E-state index contributed by atoms with van der Waals surface area (Å²) < 4.78 is 25.4. The van der Waals surface area contributed by atoms with Crippen molar-refractivity contribution in [3.05, 3.63) is 29.3 Å². The van der Waals surface area contributed by atoms with Crippen LogP contribution in [0.5, 0.6) is 0 Å². The van der Waals surface area contributed by atoms with E-state index in [4.69, 9.17) is 0 Å². The number of aryl methyl sites for hydroxylation is 1. The van der Waals surface area contributed by atoms with Crippen molar-refractivity contribution in [1.82, 2.24) is 9.62 Å². The Morgan fingerprint density at radius 2 is 1.83 bits per heavy atom. The molecule has 0 unspecified atom stereocenters. The zero-order valence-corrected chi connectivity index (χ0v) is 12.3. The summed E-state index contributed by atoms with van der Waals surface area (Å²) in [5, 5.41) is 3.24. The molecule has 0 amide bonds. The Balaban J connectivity index is 3.18. The lowest BCUT2D eigenvalue weighted by Gasteiger charge is -2.14. The molecule has 0 saturated heterocycles. The Labute approximate surface area is 110 Å². The first-order valence-corrected chi connectivity index (χ1v) is 7.62. The summed E-state index contributed by atoms with van der Waals surface area (Å²) in [6.07, 6.45) is 0.906. The number of hydrogen-bond acceptors (Lipinski definition) is 3. The van der Waals surface area contributed by atoms with E-state index in [0.29, 0.717) is 11.4 Å². The highest BCUT2D eigenvalue weighted by Crippen LogP contribution is 2.19. The topological polar surface area (TPSA) is 49.4 Å². The van der Waals surface area contributed by atoms with Crippen molar-refractivity contribution in [1.29, 1.82) is 0 Å². The number of nitrogens with one attached hydrogen (secondary N) is 1. The quantitative estimate of drug-likeness (QED) is 0.854. The van der Waals surface area contributed by atoms with Crippen LogP contribution >= 0.6 is 0 Å². The standard InChI is InChI=1S/C13H22N2O2S/c1-5-11-7-8-13(18(16,17)15(3)4)9-12(11)10-14-6-2/h7-9,14H,5-6,10H2,1-4H3. The lowest BCUT2D eigenvalue weighted by atomic mass is 10.1. The Morgan fingerprint density at radius 3 is 2.33 bits per heavy atom. The number of nitrogens with zero attached hydrogens (tertiary/aromatic N) is 1. The van der Waals surface area contributed by atoms with Gasteiger partial charge in [0.1, 0.15) is 0 Å². The Kier molecular flexibility index (Phi) is 5.31. The van der Waals surface area contributed by atoms with Crippen LogP contribution in [0.3, 0.4) is 0 Å². The normalized spacial score (nSPS) is 12.1. The monoisotopic (exact) mass is 270 g/mol. The van der Waals surface area contributed by atoms with Crippen LogP contribution in [0.4, 0.5) is 0 Å². The lowest BCUT2D eigenvalue weighted by molar-refractivity contribution is 0.520. The van der Waals surface area contributed by atoms with Crippen LogP contribution in [0.2, 0.25) is 0 Å². The van der Waals surface area contributed by atoms with Crippen molar-refractivity contribution in [2.45, 2.75) is 31.7 Å². The van der Waals surface area contributed by atoms with Gasteiger partial charge in [0.2, 0.25) is 10.0 Å². The van der Waals surface area contributed by atoms with Gasteiger partial charge in [-0.2, -0.15) is 0 Å². The van der Waals surface area contributed by atoms with Crippen LogP contribution in [-0.4, -0.2) is 33.4 Å². The van der Waals surface area contributed by atoms with Crippen LogP contribution < -0.4 is 5.32 Å². The third-order valence-corrected chi connectivity index (χ3v) is 4.71. The summed E-state index contributed by atoms with van der Waals surface area (Å²) >= 11 is 0. The van der Waals surface area contributed by atoms with Gasteiger partial charge in [0.25, 0.3) is 0 Å². The van der Waals surface area contributed by atoms with Crippen molar-refractivity contribution < 1.29 is 8.42 Å². The fraction of sp³-hybridized carbons (Fsp3) is 0.538. The molecule has 0 aromatic heterocycles. The molecule has 0 bridgehead atoms. The molecule has 0 atom stereocenters. The van der Waals surface area contributed by atoms with E-state index in [-0.39, 0.29) is 0 Å². The maximum absolute atomic E-state index is 12.1. The molecule has 4 nitrogen and oxygen atoms in total. The first-order valence-electron chi connectivity index (χ1n) is 6.18. The van der Waals surface area contributed by atoms with E-state index in [1.54, 1.807) is 26.2 Å². The van der Waals surface area contributed by atoms with Gasteiger partial charge in [-0.1, -0.05) is 19.9 Å². The fourth-order valence-electron chi connectivity index (χ4n) is 1.74. The largest absolute Gasteiger partial charge is 0.313 e. The SMILES string of the molecule is CCNCc1cc(S(=O)(=O)N(C)C)ccc1CC. The number of sulfonamides is 1. The van der Waals surface area contributed by atoms with Crippen molar-refractivity contribution in [2.24, 2.45) is 0 Å². The van der Waals surface area contributed by atoms with Gasteiger partial charge in [0.15, 0.2) is 0 Å². The van der Waals surface area contributed by atoms with Crippen molar-refractivity contribution in [3.8, 4) is 0 Å². The molecule has 1 aromatic carbocycles. The lowest BCUT2D eigenvalue weighted by Crippen LogP contribution is -2.23. The van der Waals surface area contributed by atoms with Crippen LogP contribution in [0.25, 0.3) is 0 Å². The van der Waals surface area contributed by atoms with Gasteiger partial charge in [-0.25, -0.2) is 12.7 Å². The molecule has 5 heteroatoms. The highest BCUT2D eigenvalue weighted by molar-refractivity contribution is 7.89. The van der Waals surface area contributed by atoms with Crippen LogP contribution in [0, 0.1) is 0 Å². The second kappa shape index (κ2) is 6.31. The van der Waals surface area contributed by atoms with E-state index in [1.165, 1.54) is 9.87 Å². The molecular weight excluding hydrogens is 248 g/mol. The average Bonchev–Trinajstić information content (AvgIpc) is 2.35. The number of rotatable bonds is 6. The third-order valence-electron chi connectivity index (χ3n) is 2.90. The van der Waals surface area contributed by atoms with E-state index in [9.17, 15) is 8.42 Å². The molecule has 0 aliphatic carbocycles.